The number of benzene rings is 1. The van der Waals surface area contributed by atoms with Gasteiger partial charge in [-0.3, -0.25) is 0 Å². The SMILES string of the molecule is CCOC(=O)c1noc2c1CCc1cn(Cc3cc(OC)cc(OC)c3)cc1-2. The summed E-state index contributed by atoms with van der Waals surface area (Å²) >= 11 is 0. The first-order valence-corrected chi connectivity index (χ1v) is 9.19. The smallest absolute Gasteiger partial charge is 0.360 e. The summed E-state index contributed by atoms with van der Waals surface area (Å²) in [5.41, 5.74) is 4.32. The average molecular weight is 382 g/mol. The maximum atomic E-state index is 12.1. The van der Waals surface area contributed by atoms with Crippen LogP contribution in [-0.4, -0.2) is 36.5 Å². The molecule has 0 aliphatic heterocycles. The molecule has 2 aromatic heterocycles. The molecule has 28 heavy (non-hydrogen) atoms. The molecule has 1 aliphatic carbocycles. The number of hydrogen-bond donors (Lipinski definition) is 0. The molecule has 0 fully saturated rings. The topological polar surface area (TPSA) is 75.7 Å². The third-order valence-corrected chi connectivity index (χ3v) is 4.88. The number of hydrogen-bond acceptors (Lipinski definition) is 6. The molecule has 1 aliphatic rings. The number of ether oxygens (including phenoxy) is 3. The Bertz CT molecular complexity index is 996. The van der Waals surface area contributed by atoms with E-state index in [9.17, 15) is 4.79 Å². The molecule has 2 heterocycles. The van der Waals surface area contributed by atoms with Gasteiger partial charge < -0.3 is 23.3 Å². The van der Waals surface area contributed by atoms with Gasteiger partial charge in [-0.25, -0.2) is 4.79 Å². The Labute approximate surface area is 162 Å². The summed E-state index contributed by atoms with van der Waals surface area (Å²) in [5.74, 6) is 1.73. The van der Waals surface area contributed by atoms with Crippen molar-refractivity contribution in [3.05, 3.63) is 53.0 Å². The van der Waals surface area contributed by atoms with Crippen molar-refractivity contribution in [2.75, 3.05) is 20.8 Å². The van der Waals surface area contributed by atoms with Gasteiger partial charge in [0.15, 0.2) is 11.5 Å². The second-order valence-electron chi connectivity index (χ2n) is 6.65. The lowest BCUT2D eigenvalue weighted by Gasteiger charge is -2.09. The fraction of sp³-hybridized carbons (Fsp3) is 0.333. The molecular weight excluding hydrogens is 360 g/mol. The lowest BCUT2D eigenvalue weighted by atomic mass is 9.93. The van der Waals surface area contributed by atoms with Gasteiger partial charge in [-0.2, -0.15) is 0 Å². The van der Waals surface area contributed by atoms with Crippen LogP contribution in [0.15, 0.2) is 35.1 Å². The minimum Gasteiger partial charge on any atom is -0.497 e. The number of carbonyl (C=O) groups excluding carboxylic acids is 1. The van der Waals surface area contributed by atoms with Crippen LogP contribution in [0.2, 0.25) is 0 Å². The molecule has 0 spiro atoms. The molecule has 0 bridgehead atoms. The number of aromatic nitrogens is 2. The van der Waals surface area contributed by atoms with Gasteiger partial charge in [-0.05, 0) is 43.0 Å². The normalized spacial score (nSPS) is 12.2. The quantitative estimate of drug-likeness (QED) is 0.608. The zero-order valence-electron chi connectivity index (χ0n) is 16.2. The fourth-order valence-electron chi connectivity index (χ4n) is 3.59. The Morgan fingerprint density at radius 2 is 1.89 bits per heavy atom. The van der Waals surface area contributed by atoms with E-state index in [0.717, 1.165) is 34.6 Å². The number of esters is 1. The van der Waals surface area contributed by atoms with Gasteiger partial charge in [0.2, 0.25) is 0 Å². The van der Waals surface area contributed by atoms with Crippen LogP contribution in [0.1, 0.15) is 34.1 Å². The van der Waals surface area contributed by atoms with Crippen LogP contribution in [0.5, 0.6) is 11.5 Å². The Hall–Kier alpha value is -3.22. The van der Waals surface area contributed by atoms with Crippen molar-refractivity contribution in [1.82, 2.24) is 9.72 Å². The van der Waals surface area contributed by atoms with E-state index in [2.05, 4.69) is 15.9 Å². The van der Waals surface area contributed by atoms with E-state index >= 15 is 0 Å². The van der Waals surface area contributed by atoms with Crippen LogP contribution < -0.4 is 9.47 Å². The van der Waals surface area contributed by atoms with Crippen molar-refractivity contribution < 1.29 is 23.5 Å². The number of carbonyl (C=O) groups is 1. The highest BCUT2D eigenvalue weighted by Crippen LogP contribution is 2.36. The second-order valence-corrected chi connectivity index (χ2v) is 6.65. The lowest BCUT2D eigenvalue weighted by molar-refractivity contribution is 0.0513. The molecule has 0 amide bonds. The Morgan fingerprint density at radius 1 is 1.14 bits per heavy atom. The summed E-state index contributed by atoms with van der Waals surface area (Å²) in [7, 11) is 3.28. The van der Waals surface area contributed by atoms with Crippen LogP contribution in [0.25, 0.3) is 11.3 Å². The number of rotatable bonds is 6. The highest BCUT2D eigenvalue weighted by molar-refractivity contribution is 5.91. The van der Waals surface area contributed by atoms with Gasteiger partial charge in [0.1, 0.15) is 11.5 Å². The molecule has 0 atom stereocenters. The van der Waals surface area contributed by atoms with Crippen LogP contribution in [0.3, 0.4) is 0 Å². The summed E-state index contributed by atoms with van der Waals surface area (Å²) in [6.45, 7) is 2.75. The minimum absolute atomic E-state index is 0.285. The van der Waals surface area contributed by atoms with E-state index < -0.39 is 5.97 Å². The van der Waals surface area contributed by atoms with Gasteiger partial charge >= 0.3 is 5.97 Å². The molecule has 0 unspecified atom stereocenters. The van der Waals surface area contributed by atoms with Gasteiger partial charge in [0.25, 0.3) is 0 Å². The largest absolute Gasteiger partial charge is 0.497 e. The van der Waals surface area contributed by atoms with Crippen molar-refractivity contribution in [3.8, 4) is 22.8 Å². The predicted molar refractivity (Wildman–Crippen MR) is 102 cm³/mol. The fourth-order valence-corrected chi connectivity index (χ4v) is 3.59. The van der Waals surface area contributed by atoms with Crippen molar-refractivity contribution in [3.63, 3.8) is 0 Å². The van der Waals surface area contributed by atoms with Crippen molar-refractivity contribution in [2.45, 2.75) is 26.3 Å². The van der Waals surface area contributed by atoms with Gasteiger partial charge in [0.05, 0.1) is 20.8 Å². The zero-order chi connectivity index (χ0) is 19.7. The van der Waals surface area contributed by atoms with E-state index in [1.807, 2.05) is 24.4 Å². The van der Waals surface area contributed by atoms with Gasteiger partial charge in [-0.1, -0.05) is 5.16 Å². The molecule has 1 aromatic carbocycles. The third-order valence-electron chi connectivity index (χ3n) is 4.88. The first-order valence-electron chi connectivity index (χ1n) is 9.19. The molecule has 3 aromatic rings. The van der Waals surface area contributed by atoms with Gasteiger partial charge in [-0.15, -0.1) is 0 Å². The Balaban J connectivity index is 1.64. The highest BCUT2D eigenvalue weighted by atomic mass is 16.5. The van der Waals surface area contributed by atoms with E-state index in [4.69, 9.17) is 18.7 Å². The van der Waals surface area contributed by atoms with Crippen LogP contribution >= 0.6 is 0 Å². The van der Waals surface area contributed by atoms with E-state index in [-0.39, 0.29) is 5.69 Å². The summed E-state index contributed by atoms with van der Waals surface area (Å²) in [4.78, 5) is 12.1. The van der Waals surface area contributed by atoms with Crippen LogP contribution in [0.4, 0.5) is 0 Å². The third kappa shape index (κ3) is 3.24. The molecule has 0 radical (unpaired) electrons. The Morgan fingerprint density at radius 3 is 2.57 bits per heavy atom. The second kappa shape index (κ2) is 7.42. The van der Waals surface area contributed by atoms with E-state index in [1.54, 1.807) is 21.1 Å². The van der Waals surface area contributed by atoms with Crippen LogP contribution in [-0.2, 0) is 24.1 Å². The molecule has 0 N–H and O–H groups in total. The molecule has 7 nitrogen and oxygen atoms in total. The van der Waals surface area contributed by atoms with Gasteiger partial charge in [0, 0.05) is 36.1 Å². The van der Waals surface area contributed by atoms with E-state index in [0.29, 0.717) is 25.3 Å². The lowest BCUT2D eigenvalue weighted by Crippen LogP contribution is -2.10. The Kier molecular flexibility index (Phi) is 4.81. The molecule has 7 heteroatoms. The van der Waals surface area contributed by atoms with E-state index in [1.165, 1.54) is 5.56 Å². The predicted octanol–water partition coefficient (Wildman–Crippen LogP) is 3.48. The van der Waals surface area contributed by atoms with Crippen molar-refractivity contribution >= 4 is 5.97 Å². The number of aryl methyl sites for hydroxylation is 1. The standard InChI is InChI=1S/C21H22N2O5/c1-4-27-21(24)19-17-6-5-14-11-23(12-18(14)20(17)28-22-19)10-13-7-15(25-2)9-16(8-13)26-3/h7-9,11-12H,4-6,10H2,1-3H3. The summed E-state index contributed by atoms with van der Waals surface area (Å²) in [6, 6.07) is 5.82. The van der Waals surface area contributed by atoms with Crippen molar-refractivity contribution in [1.29, 1.82) is 0 Å². The summed E-state index contributed by atoms with van der Waals surface area (Å²) in [6.07, 6.45) is 5.66. The number of nitrogens with zero attached hydrogens (tertiary/aromatic N) is 2. The highest BCUT2D eigenvalue weighted by Gasteiger charge is 2.29. The van der Waals surface area contributed by atoms with Crippen molar-refractivity contribution in [2.24, 2.45) is 0 Å². The number of fused-ring (bicyclic) bond motifs is 3. The monoisotopic (exact) mass is 382 g/mol. The molecule has 0 saturated carbocycles. The maximum absolute atomic E-state index is 12.1. The van der Waals surface area contributed by atoms with Crippen LogP contribution in [0, 0.1) is 0 Å². The summed E-state index contributed by atoms with van der Waals surface area (Å²) in [5, 5.41) is 3.96. The molecule has 4 rings (SSSR count). The average Bonchev–Trinajstić information content (AvgIpc) is 3.31. The summed E-state index contributed by atoms with van der Waals surface area (Å²) < 4.78 is 23.4. The minimum atomic E-state index is -0.432. The number of methoxy groups -OCH3 is 2. The maximum Gasteiger partial charge on any atom is 0.360 e. The first kappa shape index (κ1) is 18.2. The first-order chi connectivity index (χ1) is 13.6. The zero-order valence-corrected chi connectivity index (χ0v) is 16.2. The molecule has 0 saturated heterocycles. The molecular formula is C21H22N2O5. The molecule has 146 valence electrons.